The Morgan fingerprint density at radius 3 is 2.41 bits per heavy atom. The molecule has 0 saturated carbocycles. The number of benzene rings is 1. The number of anilines is 1. The topological polar surface area (TPSA) is 95.1 Å². The number of fused-ring (bicyclic) bond motifs is 1. The normalized spacial score (nSPS) is 13.3. The van der Waals surface area contributed by atoms with Gasteiger partial charge in [-0.05, 0) is 99.9 Å². The van der Waals surface area contributed by atoms with E-state index in [-0.39, 0.29) is 5.57 Å². The van der Waals surface area contributed by atoms with Gasteiger partial charge in [-0.3, -0.25) is 4.79 Å². The summed E-state index contributed by atoms with van der Waals surface area (Å²) in [6.07, 6.45) is 5.35. The number of carboxylic acid groups (broad SMARTS) is 1. The van der Waals surface area contributed by atoms with Gasteiger partial charge in [0.25, 0.3) is 5.91 Å². The van der Waals surface area contributed by atoms with E-state index in [0.717, 1.165) is 58.6 Å². The molecule has 174 valence electrons. The highest BCUT2D eigenvalue weighted by Gasteiger charge is 2.27. The van der Waals surface area contributed by atoms with Crippen LogP contribution in [-0.2, 0) is 17.6 Å². The fourth-order valence-corrected chi connectivity index (χ4v) is 6.22. The van der Waals surface area contributed by atoms with Crippen LogP contribution in [0.15, 0.2) is 29.8 Å². The van der Waals surface area contributed by atoms with Crippen LogP contribution in [0.5, 0.6) is 0 Å². The number of aryl methyl sites for hydroxylation is 4. The van der Waals surface area contributed by atoms with E-state index in [9.17, 15) is 20.0 Å². The predicted octanol–water partition coefficient (Wildman–Crippen LogP) is 5.90. The average Bonchev–Trinajstić information content (AvgIpc) is 3.27. The minimum atomic E-state index is -0.912. The van der Waals surface area contributed by atoms with E-state index < -0.39 is 11.9 Å². The van der Waals surface area contributed by atoms with Crippen molar-refractivity contribution in [2.24, 2.45) is 0 Å². The SMILES string of the molecule is Cc1cc(C)cc(NC(=O)/C(C#N)=C\c2cc(C)n(-c3sc4c(c3C(=O)O)CCCC4)c2C)c1. The van der Waals surface area contributed by atoms with Gasteiger partial charge in [0.05, 0.1) is 5.56 Å². The molecule has 0 unspecified atom stereocenters. The number of aromatic nitrogens is 1. The van der Waals surface area contributed by atoms with Crippen molar-refractivity contribution in [3.63, 3.8) is 0 Å². The summed E-state index contributed by atoms with van der Waals surface area (Å²) < 4.78 is 1.94. The Labute approximate surface area is 203 Å². The first kappa shape index (κ1) is 23.5. The van der Waals surface area contributed by atoms with Gasteiger partial charge >= 0.3 is 5.97 Å². The van der Waals surface area contributed by atoms with Crippen molar-refractivity contribution >= 4 is 35.0 Å². The van der Waals surface area contributed by atoms with E-state index in [0.29, 0.717) is 21.8 Å². The Bertz CT molecular complexity index is 1360. The zero-order chi connectivity index (χ0) is 24.6. The van der Waals surface area contributed by atoms with E-state index in [4.69, 9.17) is 0 Å². The Hall–Kier alpha value is -3.63. The number of nitriles is 1. The van der Waals surface area contributed by atoms with E-state index in [1.165, 1.54) is 11.3 Å². The van der Waals surface area contributed by atoms with Gasteiger partial charge < -0.3 is 15.0 Å². The minimum Gasteiger partial charge on any atom is -0.478 e. The zero-order valence-electron chi connectivity index (χ0n) is 19.8. The first-order valence-electron chi connectivity index (χ1n) is 11.3. The van der Waals surface area contributed by atoms with Gasteiger partial charge in [-0.2, -0.15) is 5.26 Å². The minimum absolute atomic E-state index is 0.0108. The van der Waals surface area contributed by atoms with Crippen molar-refractivity contribution in [3.8, 4) is 11.1 Å². The van der Waals surface area contributed by atoms with Crippen LogP contribution in [0, 0.1) is 39.0 Å². The average molecular weight is 474 g/mol. The van der Waals surface area contributed by atoms with Crippen LogP contribution in [0.1, 0.15) is 61.7 Å². The lowest BCUT2D eigenvalue weighted by molar-refractivity contribution is -0.112. The monoisotopic (exact) mass is 473 g/mol. The van der Waals surface area contributed by atoms with E-state index in [1.54, 1.807) is 6.08 Å². The van der Waals surface area contributed by atoms with Crippen molar-refractivity contribution < 1.29 is 14.7 Å². The molecule has 0 atom stereocenters. The van der Waals surface area contributed by atoms with Crippen molar-refractivity contribution in [1.29, 1.82) is 5.26 Å². The molecule has 0 fully saturated rings. The molecule has 0 spiro atoms. The number of rotatable bonds is 5. The molecule has 4 rings (SSSR count). The van der Waals surface area contributed by atoms with Gasteiger partial charge in [-0.1, -0.05) is 6.07 Å². The van der Waals surface area contributed by atoms with Crippen LogP contribution in [0.4, 0.5) is 5.69 Å². The number of carbonyl (C=O) groups is 2. The highest BCUT2D eigenvalue weighted by Crippen LogP contribution is 2.39. The van der Waals surface area contributed by atoms with Crippen molar-refractivity contribution in [2.45, 2.75) is 53.4 Å². The zero-order valence-corrected chi connectivity index (χ0v) is 20.6. The summed E-state index contributed by atoms with van der Waals surface area (Å²) in [4.78, 5) is 26.2. The molecule has 1 aliphatic carbocycles. The number of carbonyl (C=O) groups excluding carboxylic acids is 1. The van der Waals surface area contributed by atoms with Crippen molar-refractivity contribution in [1.82, 2.24) is 4.57 Å². The summed E-state index contributed by atoms with van der Waals surface area (Å²) in [6.45, 7) is 7.70. The largest absolute Gasteiger partial charge is 0.478 e. The number of nitrogens with one attached hydrogen (secondary N) is 1. The maximum Gasteiger partial charge on any atom is 0.339 e. The lowest BCUT2D eigenvalue weighted by Crippen LogP contribution is -2.13. The Kier molecular flexibility index (Phi) is 6.45. The molecule has 6 nitrogen and oxygen atoms in total. The molecule has 7 heteroatoms. The maximum absolute atomic E-state index is 12.8. The maximum atomic E-state index is 12.8. The summed E-state index contributed by atoms with van der Waals surface area (Å²) in [7, 11) is 0. The number of aromatic carboxylic acids is 1. The van der Waals surface area contributed by atoms with Crippen LogP contribution in [0.3, 0.4) is 0 Å². The number of nitrogens with zero attached hydrogens (tertiary/aromatic N) is 2. The molecule has 3 aromatic rings. The fourth-order valence-electron chi connectivity index (χ4n) is 4.73. The first-order chi connectivity index (χ1) is 16.2. The van der Waals surface area contributed by atoms with Crippen LogP contribution in [0.2, 0.25) is 0 Å². The molecule has 1 aliphatic rings. The third kappa shape index (κ3) is 4.42. The van der Waals surface area contributed by atoms with E-state index in [1.807, 2.05) is 62.6 Å². The molecule has 0 aliphatic heterocycles. The molecular weight excluding hydrogens is 446 g/mol. The molecule has 1 amide bonds. The number of hydrogen-bond donors (Lipinski definition) is 2. The quantitative estimate of drug-likeness (QED) is 0.356. The molecule has 2 aromatic heterocycles. The standard InChI is InChI=1S/C27H27N3O3S/c1-15-9-16(2)11-21(10-15)29-25(31)20(14-28)13-19-12-17(3)30(18(19)4)26-24(27(32)33)22-7-5-6-8-23(22)34-26/h9-13H,5-8H2,1-4H3,(H,29,31)(H,32,33)/b20-13-. The smallest absolute Gasteiger partial charge is 0.339 e. The fraction of sp³-hybridized carbons (Fsp3) is 0.296. The lowest BCUT2D eigenvalue weighted by atomic mass is 9.95. The van der Waals surface area contributed by atoms with Crippen molar-refractivity contribution in [3.05, 3.63) is 73.9 Å². The Morgan fingerprint density at radius 1 is 1.09 bits per heavy atom. The molecular formula is C27H27N3O3S. The molecule has 0 bridgehead atoms. The lowest BCUT2D eigenvalue weighted by Gasteiger charge is -2.11. The summed E-state index contributed by atoms with van der Waals surface area (Å²) in [6, 6.07) is 9.63. The number of thiophene rings is 1. The second-order valence-corrected chi connectivity index (χ2v) is 9.94. The number of hydrogen-bond acceptors (Lipinski definition) is 4. The summed E-state index contributed by atoms with van der Waals surface area (Å²) in [5.74, 6) is -1.39. The van der Waals surface area contributed by atoms with Gasteiger partial charge in [-0.15, -0.1) is 11.3 Å². The van der Waals surface area contributed by atoms with Crippen LogP contribution in [-0.4, -0.2) is 21.6 Å². The second-order valence-electron chi connectivity index (χ2n) is 8.86. The van der Waals surface area contributed by atoms with Gasteiger partial charge in [0.15, 0.2) is 0 Å². The Morgan fingerprint density at radius 2 is 1.76 bits per heavy atom. The third-order valence-electron chi connectivity index (χ3n) is 6.18. The second kappa shape index (κ2) is 9.32. The molecule has 1 aromatic carbocycles. The van der Waals surface area contributed by atoms with Gasteiger partial charge in [0.1, 0.15) is 16.6 Å². The van der Waals surface area contributed by atoms with Crippen molar-refractivity contribution in [2.75, 3.05) is 5.32 Å². The highest BCUT2D eigenvalue weighted by molar-refractivity contribution is 7.15. The summed E-state index contributed by atoms with van der Waals surface area (Å²) >= 11 is 1.54. The predicted molar refractivity (Wildman–Crippen MR) is 135 cm³/mol. The van der Waals surface area contributed by atoms with Crippen LogP contribution >= 0.6 is 11.3 Å². The van der Waals surface area contributed by atoms with Gasteiger partial charge in [0, 0.05) is 22.0 Å². The summed E-state index contributed by atoms with van der Waals surface area (Å²) in [5, 5.41) is 23.2. The molecule has 0 saturated heterocycles. The van der Waals surface area contributed by atoms with Crippen LogP contribution in [0.25, 0.3) is 11.1 Å². The third-order valence-corrected chi connectivity index (χ3v) is 7.46. The van der Waals surface area contributed by atoms with E-state index >= 15 is 0 Å². The van der Waals surface area contributed by atoms with Gasteiger partial charge in [-0.25, -0.2) is 4.79 Å². The highest BCUT2D eigenvalue weighted by atomic mass is 32.1. The molecule has 34 heavy (non-hydrogen) atoms. The molecule has 2 N–H and O–H groups in total. The Balaban J connectivity index is 1.72. The molecule has 2 heterocycles. The number of amides is 1. The number of carboxylic acids is 1. The van der Waals surface area contributed by atoms with E-state index in [2.05, 4.69) is 5.32 Å². The molecule has 0 radical (unpaired) electrons. The van der Waals surface area contributed by atoms with Gasteiger partial charge in [0.2, 0.25) is 0 Å². The summed E-state index contributed by atoms with van der Waals surface area (Å²) in [5.41, 5.74) is 6.38. The first-order valence-corrected chi connectivity index (χ1v) is 12.1. The van der Waals surface area contributed by atoms with Crippen LogP contribution < -0.4 is 5.32 Å².